The Bertz CT molecular complexity index is 901. The van der Waals surface area contributed by atoms with Gasteiger partial charge >= 0.3 is 0 Å². The summed E-state index contributed by atoms with van der Waals surface area (Å²) in [5, 5.41) is 0.382. The number of nitrogen functional groups attached to an aromatic ring is 1. The highest BCUT2D eigenvalue weighted by molar-refractivity contribution is 7.90. The van der Waals surface area contributed by atoms with Gasteiger partial charge in [-0.3, -0.25) is 0 Å². The maximum atomic E-state index is 11.8. The first kappa shape index (κ1) is 21.4. The third-order valence-electron chi connectivity index (χ3n) is 4.25. The predicted octanol–water partition coefficient (Wildman–Crippen LogP) is 3.03. The lowest BCUT2D eigenvalue weighted by Gasteiger charge is -2.31. The van der Waals surface area contributed by atoms with Gasteiger partial charge < -0.3 is 15.4 Å². The minimum absolute atomic E-state index is 0. The van der Waals surface area contributed by atoms with Crippen molar-refractivity contribution in [2.45, 2.75) is 31.7 Å². The molecule has 0 aliphatic carbocycles. The van der Waals surface area contributed by atoms with Crippen LogP contribution >= 0.6 is 11.6 Å². The summed E-state index contributed by atoms with van der Waals surface area (Å²) < 4.78 is 29.3. The minimum Gasteiger partial charge on any atom is -0.379 e. The van der Waals surface area contributed by atoms with Crippen LogP contribution in [0.5, 0.6) is 0 Å². The Morgan fingerprint density at radius 3 is 2.67 bits per heavy atom. The van der Waals surface area contributed by atoms with E-state index in [-0.39, 0.29) is 24.3 Å². The Kier molecular flexibility index (Phi) is 6.67. The van der Waals surface area contributed by atoms with E-state index in [1.54, 1.807) is 12.1 Å². The molecule has 27 heavy (non-hydrogen) atoms. The molecule has 0 bridgehead atoms. The first-order valence-electron chi connectivity index (χ1n) is 8.21. The van der Waals surface area contributed by atoms with Crippen LogP contribution in [0.25, 0.3) is 0 Å². The molecule has 148 valence electrons. The molecule has 9 heteroatoms. The van der Waals surface area contributed by atoms with Crippen LogP contribution < -0.4 is 10.6 Å². The molecule has 0 unspecified atom stereocenters. The maximum absolute atomic E-state index is 11.8. The van der Waals surface area contributed by atoms with Gasteiger partial charge in [0.05, 0.1) is 17.5 Å². The van der Waals surface area contributed by atoms with Gasteiger partial charge in [0.15, 0.2) is 9.84 Å². The van der Waals surface area contributed by atoms with Crippen molar-refractivity contribution in [1.29, 1.82) is 0 Å². The summed E-state index contributed by atoms with van der Waals surface area (Å²) in [6.07, 6.45) is 1.99. The number of halogens is 1. The summed E-state index contributed by atoms with van der Waals surface area (Å²) in [5.74, 6) is 0.913. The molecular weight excluding hydrogens is 388 g/mol. The summed E-state index contributed by atoms with van der Waals surface area (Å²) in [6, 6.07) is 6.46. The average Bonchev–Trinajstić information content (AvgIpc) is 2.78. The van der Waals surface area contributed by atoms with Crippen molar-refractivity contribution in [3.8, 4) is 0 Å². The Hall–Kier alpha value is -1.90. The van der Waals surface area contributed by atoms with Crippen molar-refractivity contribution in [2.24, 2.45) is 0 Å². The Morgan fingerprint density at radius 1 is 1.30 bits per heavy atom. The second kappa shape index (κ2) is 8.41. The van der Waals surface area contributed by atoms with Crippen molar-refractivity contribution in [3.63, 3.8) is 0 Å². The number of nitrogens with zero attached hydrogens (tertiary/aromatic N) is 3. The van der Waals surface area contributed by atoms with Crippen molar-refractivity contribution >= 4 is 33.2 Å². The molecule has 1 atom stereocenters. The Balaban J connectivity index is 0.00000261. The van der Waals surface area contributed by atoms with Crippen LogP contribution in [0.4, 0.5) is 11.8 Å². The zero-order chi connectivity index (χ0) is 18.9. The van der Waals surface area contributed by atoms with Crippen LogP contribution in [0.2, 0.25) is 5.02 Å². The number of sulfone groups is 1. The summed E-state index contributed by atoms with van der Waals surface area (Å²) in [6.45, 7) is 3.62. The molecule has 1 aliphatic rings. The smallest absolute Gasteiger partial charge is 0.222 e. The van der Waals surface area contributed by atoms with Crippen LogP contribution in [0.15, 0.2) is 29.2 Å². The van der Waals surface area contributed by atoms with E-state index in [1.165, 1.54) is 6.07 Å². The number of aryl methyl sites for hydroxylation is 1. The molecular formula is C18H25ClN4O3S. The van der Waals surface area contributed by atoms with E-state index in [2.05, 4.69) is 14.9 Å². The maximum Gasteiger partial charge on any atom is 0.222 e. The van der Waals surface area contributed by atoms with Gasteiger partial charge in [-0.1, -0.05) is 25.1 Å². The third kappa shape index (κ3) is 4.88. The number of hydrogen-bond acceptors (Lipinski definition) is 7. The summed E-state index contributed by atoms with van der Waals surface area (Å²) in [5.41, 5.74) is 7.37. The van der Waals surface area contributed by atoms with Gasteiger partial charge in [-0.05, 0) is 31.0 Å². The molecule has 0 saturated carbocycles. The van der Waals surface area contributed by atoms with E-state index in [0.29, 0.717) is 30.6 Å². The molecule has 1 aromatic carbocycles. The van der Waals surface area contributed by atoms with Crippen LogP contribution in [-0.4, -0.2) is 44.4 Å². The first-order valence-corrected chi connectivity index (χ1v) is 10.5. The fourth-order valence-electron chi connectivity index (χ4n) is 3.04. The fraction of sp³-hybridized carbons (Fsp3) is 0.444. The average molecular weight is 413 g/mol. The van der Waals surface area contributed by atoms with E-state index in [1.807, 2.05) is 13.0 Å². The van der Waals surface area contributed by atoms with Crippen molar-refractivity contribution in [1.82, 2.24) is 9.97 Å². The molecule has 0 amide bonds. The van der Waals surface area contributed by atoms with E-state index in [9.17, 15) is 8.42 Å². The summed E-state index contributed by atoms with van der Waals surface area (Å²) >= 11 is 6.43. The van der Waals surface area contributed by atoms with Gasteiger partial charge in [-0.2, -0.15) is 4.98 Å². The summed E-state index contributed by atoms with van der Waals surface area (Å²) in [4.78, 5) is 10.8. The SMILES string of the molecule is C.Cc1cc(N2CCCOC[C@@H]2c2ccc(S(C)(=O)=O)cc2Cl)nc(N)n1. The lowest BCUT2D eigenvalue weighted by molar-refractivity contribution is 0.134. The second-order valence-corrected chi connectivity index (χ2v) is 8.74. The molecule has 1 aliphatic heterocycles. The van der Waals surface area contributed by atoms with Gasteiger partial charge in [0, 0.05) is 36.2 Å². The number of hydrogen-bond donors (Lipinski definition) is 1. The normalized spacial score (nSPS) is 17.9. The molecule has 3 rings (SSSR count). The zero-order valence-corrected chi connectivity index (χ0v) is 16.2. The van der Waals surface area contributed by atoms with E-state index >= 15 is 0 Å². The zero-order valence-electron chi connectivity index (χ0n) is 14.6. The van der Waals surface area contributed by atoms with Gasteiger partial charge in [0.25, 0.3) is 0 Å². The lowest BCUT2D eigenvalue weighted by Crippen LogP contribution is -2.32. The number of anilines is 2. The lowest BCUT2D eigenvalue weighted by atomic mass is 10.1. The topological polar surface area (TPSA) is 98.4 Å². The van der Waals surface area contributed by atoms with Crippen molar-refractivity contribution in [2.75, 3.05) is 36.6 Å². The Morgan fingerprint density at radius 2 is 2.04 bits per heavy atom. The number of benzene rings is 1. The number of nitrogens with two attached hydrogens (primary N) is 1. The molecule has 1 saturated heterocycles. The van der Waals surface area contributed by atoms with E-state index < -0.39 is 9.84 Å². The molecule has 2 heterocycles. The monoisotopic (exact) mass is 412 g/mol. The largest absolute Gasteiger partial charge is 0.379 e. The van der Waals surface area contributed by atoms with Gasteiger partial charge in [0.1, 0.15) is 5.82 Å². The predicted molar refractivity (Wildman–Crippen MR) is 108 cm³/mol. The minimum atomic E-state index is -3.32. The molecule has 1 fully saturated rings. The molecule has 2 N–H and O–H groups in total. The molecule has 2 aromatic rings. The van der Waals surface area contributed by atoms with Crippen LogP contribution in [0.1, 0.15) is 31.1 Å². The van der Waals surface area contributed by atoms with E-state index in [0.717, 1.165) is 23.9 Å². The summed E-state index contributed by atoms with van der Waals surface area (Å²) in [7, 11) is -3.32. The number of aromatic nitrogens is 2. The van der Waals surface area contributed by atoms with Gasteiger partial charge in [0.2, 0.25) is 5.95 Å². The number of ether oxygens (including phenoxy) is 1. The van der Waals surface area contributed by atoms with Crippen molar-refractivity contribution < 1.29 is 13.2 Å². The third-order valence-corrected chi connectivity index (χ3v) is 5.69. The van der Waals surface area contributed by atoms with E-state index in [4.69, 9.17) is 22.1 Å². The van der Waals surface area contributed by atoms with Gasteiger partial charge in [-0.15, -0.1) is 0 Å². The van der Waals surface area contributed by atoms with Crippen LogP contribution in [0, 0.1) is 6.92 Å². The number of rotatable bonds is 3. The van der Waals surface area contributed by atoms with Gasteiger partial charge in [-0.25, -0.2) is 13.4 Å². The van der Waals surface area contributed by atoms with Crippen LogP contribution in [-0.2, 0) is 14.6 Å². The first-order chi connectivity index (χ1) is 12.3. The molecule has 1 aromatic heterocycles. The fourth-order valence-corrected chi connectivity index (χ4v) is 4.06. The molecule has 0 spiro atoms. The second-order valence-electron chi connectivity index (χ2n) is 6.32. The molecule has 0 radical (unpaired) electrons. The molecule has 7 nitrogen and oxygen atoms in total. The highest BCUT2D eigenvalue weighted by atomic mass is 35.5. The Labute approximate surface area is 165 Å². The quantitative estimate of drug-likeness (QED) is 0.827. The van der Waals surface area contributed by atoms with Crippen molar-refractivity contribution in [3.05, 3.63) is 40.5 Å². The highest BCUT2D eigenvalue weighted by Crippen LogP contribution is 2.34. The standard InChI is InChI=1S/C17H21ClN4O3S.CH4/c1-11-8-16(21-17(19)20-11)22-6-3-7-25-10-15(22)13-5-4-12(9-14(13)18)26(2,23)24;/h4-5,8-9,15H,3,6-7,10H2,1-2H3,(H2,19,20,21);1H4/t15-;/m1./s1. The van der Waals surface area contributed by atoms with Crippen LogP contribution in [0.3, 0.4) is 0 Å². The highest BCUT2D eigenvalue weighted by Gasteiger charge is 2.27.